The predicted octanol–water partition coefficient (Wildman–Crippen LogP) is 2.29. The summed E-state index contributed by atoms with van der Waals surface area (Å²) in [6.07, 6.45) is 1.27. The number of nitrogens with one attached hydrogen (secondary N) is 1. The minimum absolute atomic E-state index is 0.173. The largest absolute Gasteiger partial charge is 0.309 e. The van der Waals surface area contributed by atoms with Gasteiger partial charge in [0.1, 0.15) is 5.78 Å². The highest BCUT2D eigenvalue weighted by molar-refractivity contribution is 7.16. The molecular formula is C12H12N2OS. The van der Waals surface area contributed by atoms with Crippen molar-refractivity contribution < 1.29 is 4.79 Å². The monoisotopic (exact) mass is 232 g/mol. The average molecular weight is 232 g/mol. The van der Waals surface area contributed by atoms with Crippen molar-refractivity contribution in [3.63, 3.8) is 0 Å². The van der Waals surface area contributed by atoms with Crippen LogP contribution in [0.25, 0.3) is 10.2 Å². The van der Waals surface area contributed by atoms with Gasteiger partial charge in [-0.25, -0.2) is 4.98 Å². The molecule has 1 fully saturated rings. The van der Waals surface area contributed by atoms with Crippen molar-refractivity contribution in [2.24, 2.45) is 0 Å². The summed E-state index contributed by atoms with van der Waals surface area (Å²) in [4.78, 5) is 15.7. The van der Waals surface area contributed by atoms with Gasteiger partial charge in [-0.2, -0.15) is 0 Å². The minimum Gasteiger partial charge on any atom is -0.309 e. The van der Waals surface area contributed by atoms with Gasteiger partial charge in [0.05, 0.1) is 15.7 Å². The molecule has 0 spiro atoms. The molecule has 16 heavy (non-hydrogen) atoms. The Balaban J connectivity index is 1.95. The molecule has 1 aliphatic heterocycles. The summed E-state index contributed by atoms with van der Waals surface area (Å²) in [6.45, 7) is 0.790. The van der Waals surface area contributed by atoms with Crippen LogP contribution >= 0.6 is 11.3 Å². The highest BCUT2D eigenvalue weighted by Crippen LogP contribution is 2.25. The van der Waals surface area contributed by atoms with Crippen molar-refractivity contribution in [2.45, 2.75) is 18.9 Å². The van der Waals surface area contributed by atoms with E-state index in [2.05, 4.69) is 28.5 Å². The maximum atomic E-state index is 11.4. The first kappa shape index (κ1) is 9.93. The number of ketones is 1. The predicted molar refractivity (Wildman–Crippen MR) is 64.6 cm³/mol. The van der Waals surface area contributed by atoms with E-state index in [1.807, 2.05) is 5.51 Å². The van der Waals surface area contributed by atoms with Gasteiger partial charge in [-0.05, 0) is 17.7 Å². The Morgan fingerprint density at radius 3 is 3.25 bits per heavy atom. The topological polar surface area (TPSA) is 42.0 Å². The minimum atomic E-state index is 0.173. The molecule has 1 atom stereocenters. The van der Waals surface area contributed by atoms with Gasteiger partial charge in [-0.15, -0.1) is 11.3 Å². The average Bonchev–Trinajstić information content (AvgIpc) is 2.75. The fourth-order valence-electron chi connectivity index (χ4n) is 2.12. The first-order valence-electron chi connectivity index (χ1n) is 5.41. The molecule has 0 radical (unpaired) electrons. The zero-order valence-electron chi connectivity index (χ0n) is 8.77. The molecule has 0 saturated carbocycles. The van der Waals surface area contributed by atoms with Crippen LogP contribution in [0.4, 0.5) is 0 Å². The van der Waals surface area contributed by atoms with Gasteiger partial charge in [-0.3, -0.25) is 4.79 Å². The lowest BCUT2D eigenvalue weighted by molar-refractivity contribution is -0.120. The second kappa shape index (κ2) is 3.96. The van der Waals surface area contributed by atoms with Crippen molar-refractivity contribution in [3.8, 4) is 0 Å². The van der Waals surface area contributed by atoms with Crippen molar-refractivity contribution in [3.05, 3.63) is 29.3 Å². The Hall–Kier alpha value is -1.26. The molecule has 1 N–H and O–H groups in total. The van der Waals surface area contributed by atoms with E-state index in [0.717, 1.165) is 12.1 Å². The lowest BCUT2D eigenvalue weighted by Crippen LogP contribution is -2.31. The van der Waals surface area contributed by atoms with Crippen LogP contribution in [-0.4, -0.2) is 17.3 Å². The molecule has 3 rings (SSSR count). The standard InChI is InChI=1S/C12H12N2OS/c15-9-3-4-13-10(6-9)8-1-2-12-11(5-8)14-7-16-12/h1-2,5,7,10,13H,3-4,6H2/t10-/m0/s1. The number of carbonyl (C=O) groups excluding carboxylic acids is 1. The molecule has 1 aromatic heterocycles. The first-order chi connectivity index (χ1) is 7.83. The zero-order chi connectivity index (χ0) is 11.0. The summed E-state index contributed by atoms with van der Waals surface area (Å²) in [5, 5.41) is 3.38. The number of thiazole rings is 1. The summed E-state index contributed by atoms with van der Waals surface area (Å²) in [5.74, 6) is 0.349. The molecule has 0 bridgehead atoms. The normalized spacial score (nSPS) is 21.5. The number of hydrogen-bond donors (Lipinski definition) is 1. The van der Waals surface area contributed by atoms with Crippen LogP contribution in [0.1, 0.15) is 24.4 Å². The van der Waals surface area contributed by atoms with Gasteiger partial charge in [0.15, 0.2) is 0 Å². The maximum Gasteiger partial charge on any atom is 0.136 e. The zero-order valence-corrected chi connectivity index (χ0v) is 9.59. The van der Waals surface area contributed by atoms with Crippen LogP contribution in [0, 0.1) is 0 Å². The molecule has 2 heterocycles. The smallest absolute Gasteiger partial charge is 0.136 e. The number of Topliss-reactive ketones (excluding diaryl/α,β-unsaturated/α-hetero) is 1. The third-order valence-corrected chi connectivity index (χ3v) is 3.79. The fourth-order valence-corrected chi connectivity index (χ4v) is 2.77. The Bertz CT molecular complexity index is 535. The van der Waals surface area contributed by atoms with E-state index in [1.165, 1.54) is 10.3 Å². The van der Waals surface area contributed by atoms with Crippen LogP contribution < -0.4 is 5.32 Å². The van der Waals surface area contributed by atoms with Crippen molar-refractivity contribution >= 4 is 27.3 Å². The molecule has 1 saturated heterocycles. The van der Waals surface area contributed by atoms with Crippen molar-refractivity contribution in [1.82, 2.24) is 10.3 Å². The van der Waals surface area contributed by atoms with Crippen LogP contribution in [0.5, 0.6) is 0 Å². The van der Waals surface area contributed by atoms with Crippen LogP contribution in [0.15, 0.2) is 23.7 Å². The second-order valence-electron chi connectivity index (χ2n) is 4.08. The van der Waals surface area contributed by atoms with Crippen LogP contribution in [0.3, 0.4) is 0 Å². The summed E-state index contributed by atoms with van der Waals surface area (Å²) in [5.41, 5.74) is 4.06. The molecule has 1 aliphatic rings. The molecule has 0 aliphatic carbocycles. The van der Waals surface area contributed by atoms with E-state index in [0.29, 0.717) is 18.6 Å². The van der Waals surface area contributed by atoms with E-state index in [9.17, 15) is 4.79 Å². The summed E-state index contributed by atoms with van der Waals surface area (Å²) in [7, 11) is 0. The van der Waals surface area contributed by atoms with Crippen molar-refractivity contribution in [2.75, 3.05) is 6.54 Å². The van der Waals surface area contributed by atoms with E-state index < -0.39 is 0 Å². The van der Waals surface area contributed by atoms with E-state index in [1.54, 1.807) is 11.3 Å². The molecule has 82 valence electrons. The summed E-state index contributed by atoms with van der Waals surface area (Å²) < 4.78 is 1.20. The quantitative estimate of drug-likeness (QED) is 0.820. The number of carbonyl (C=O) groups is 1. The Morgan fingerprint density at radius 1 is 1.44 bits per heavy atom. The maximum absolute atomic E-state index is 11.4. The Labute approximate surface area is 97.5 Å². The molecule has 3 nitrogen and oxygen atoms in total. The van der Waals surface area contributed by atoms with Gasteiger partial charge < -0.3 is 5.32 Å². The third kappa shape index (κ3) is 1.74. The Morgan fingerprint density at radius 2 is 2.38 bits per heavy atom. The number of aromatic nitrogens is 1. The molecule has 0 amide bonds. The number of nitrogens with zero attached hydrogens (tertiary/aromatic N) is 1. The van der Waals surface area contributed by atoms with Gasteiger partial charge >= 0.3 is 0 Å². The van der Waals surface area contributed by atoms with Gasteiger partial charge in [-0.1, -0.05) is 6.07 Å². The molecular weight excluding hydrogens is 220 g/mol. The molecule has 4 heteroatoms. The summed E-state index contributed by atoms with van der Waals surface area (Å²) in [6, 6.07) is 6.44. The van der Waals surface area contributed by atoms with Gasteiger partial charge in [0, 0.05) is 25.4 Å². The van der Waals surface area contributed by atoms with Gasteiger partial charge in [0.25, 0.3) is 0 Å². The lowest BCUT2D eigenvalue weighted by Gasteiger charge is -2.22. The van der Waals surface area contributed by atoms with Gasteiger partial charge in [0.2, 0.25) is 0 Å². The fraction of sp³-hybridized carbons (Fsp3) is 0.333. The number of hydrogen-bond acceptors (Lipinski definition) is 4. The number of fused-ring (bicyclic) bond motifs is 1. The van der Waals surface area contributed by atoms with E-state index >= 15 is 0 Å². The van der Waals surface area contributed by atoms with Crippen molar-refractivity contribution in [1.29, 1.82) is 0 Å². The second-order valence-corrected chi connectivity index (χ2v) is 4.97. The highest BCUT2D eigenvalue weighted by atomic mass is 32.1. The summed E-state index contributed by atoms with van der Waals surface area (Å²) >= 11 is 1.64. The molecule has 1 aromatic carbocycles. The highest BCUT2D eigenvalue weighted by Gasteiger charge is 2.20. The molecule has 0 unspecified atom stereocenters. The molecule has 2 aromatic rings. The number of benzene rings is 1. The van der Waals surface area contributed by atoms with E-state index in [4.69, 9.17) is 0 Å². The van der Waals surface area contributed by atoms with E-state index in [-0.39, 0.29) is 6.04 Å². The van der Waals surface area contributed by atoms with Crippen LogP contribution in [-0.2, 0) is 4.79 Å². The third-order valence-electron chi connectivity index (χ3n) is 2.98. The SMILES string of the molecule is O=C1CCN[C@H](c2ccc3scnc3c2)C1. The first-order valence-corrected chi connectivity index (χ1v) is 6.29. The number of piperidine rings is 1. The Kier molecular flexibility index (Phi) is 2.46. The number of rotatable bonds is 1. The lowest BCUT2D eigenvalue weighted by atomic mass is 9.96. The van der Waals surface area contributed by atoms with Crippen LogP contribution in [0.2, 0.25) is 0 Å².